The fraction of sp³-hybridized carbons (Fsp3) is 0.450. The Bertz CT molecular complexity index is 713. The molecule has 1 aliphatic heterocycles. The second kappa shape index (κ2) is 7.22. The van der Waals surface area contributed by atoms with Crippen LogP contribution in [0.1, 0.15) is 24.9 Å². The van der Waals surface area contributed by atoms with E-state index in [1.165, 1.54) is 10.8 Å². The number of fused-ring (bicyclic) bond motifs is 1. The molecule has 0 bridgehead atoms. The van der Waals surface area contributed by atoms with Gasteiger partial charge in [0.25, 0.3) is 0 Å². The molecule has 0 aliphatic carbocycles. The number of hydrogen-bond donors (Lipinski definition) is 1. The molecule has 2 aromatic carbocycles. The molecule has 3 rings (SSSR count). The van der Waals surface area contributed by atoms with E-state index in [2.05, 4.69) is 61.6 Å². The number of carbonyl (C=O) groups is 1. The average Bonchev–Trinajstić information content (AvgIpc) is 3.02. The third kappa shape index (κ3) is 3.88. The molecule has 0 radical (unpaired) electrons. The lowest BCUT2D eigenvalue weighted by Gasteiger charge is -2.22. The van der Waals surface area contributed by atoms with Gasteiger partial charge in [-0.15, -0.1) is 0 Å². The Hall–Kier alpha value is -2.07. The largest absolute Gasteiger partial charge is 0.331 e. The highest BCUT2D eigenvalue weighted by atomic mass is 16.2. The predicted octanol–water partition coefficient (Wildman–Crippen LogP) is 3.49. The smallest absolute Gasteiger partial charge is 0.317 e. The van der Waals surface area contributed by atoms with Gasteiger partial charge in [0.05, 0.1) is 6.04 Å². The van der Waals surface area contributed by atoms with E-state index >= 15 is 0 Å². The monoisotopic (exact) mass is 325 g/mol. The van der Waals surface area contributed by atoms with E-state index < -0.39 is 0 Å². The summed E-state index contributed by atoms with van der Waals surface area (Å²) in [6, 6.07) is 14.8. The number of carbonyl (C=O) groups excluding carboxylic acids is 1. The number of hydrogen-bond acceptors (Lipinski definition) is 2. The molecule has 0 unspecified atom stereocenters. The van der Waals surface area contributed by atoms with Crippen molar-refractivity contribution < 1.29 is 4.79 Å². The van der Waals surface area contributed by atoms with Gasteiger partial charge in [-0.2, -0.15) is 0 Å². The van der Waals surface area contributed by atoms with E-state index in [9.17, 15) is 4.79 Å². The summed E-state index contributed by atoms with van der Waals surface area (Å²) in [5.74, 6) is 0.585. The summed E-state index contributed by atoms with van der Waals surface area (Å²) in [6.07, 6.45) is 1.09. The van der Waals surface area contributed by atoms with Gasteiger partial charge in [0.1, 0.15) is 0 Å². The lowest BCUT2D eigenvalue weighted by Crippen LogP contribution is -2.40. The zero-order valence-electron chi connectivity index (χ0n) is 14.8. The van der Waals surface area contributed by atoms with Crippen LogP contribution in [0.4, 0.5) is 4.79 Å². The van der Waals surface area contributed by atoms with Crippen molar-refractivity contribution in [3.63, 3.8) is 0 Å². The van der Waals surface area contributed by atoms with Crippen LogP contribution in [0.15, 0.2) is 42.5 Å². The average molecular weight is 325 g/mol. The van der Waals surface area contributed by atoms with Gasteiger partial charge in [-0.05, 0) is 55.8 Å². The number of rotatable bonds is 4. The van der Waals surface area contributed by atoms with Crippen molar-refractivity contribution in [1.29, 1.82) is 0 Å². The minimum Gasteiger partial charge on any atom is -0.331 e. The number of urea groups is 1. The van der Waals surface area contributed by atoms with E-state index in [1.807, 2.05) is 17.0 Å². The zero-order valence-corrected chi connectivity index (χ0v) is 14.8. The van der Waals surface area contributed by atoms with Crippen LogP contribution in [0.25, 0.3) is 10.8 Å². The van der Waals surface area contributed by atoms with Gasteiger partial charge in [-0.3, -0.25) is 0 Å². The summed E-state index contributed by atoms with van der Waals surface area (Å²) in [6.45, 7) is 4.81. The third-order valence-electron chi connectivity index (χ3n) is 4.81. The molecular weight excluding hydrogens is 298 g/mol. The first kappa shape index (κ1) is 16.8. The standard InChI is InChI=1S/C20H27N3O/c1-15(18-9-8-17-6-4-5-7-19(17)12-18)21-20(24)23-11-10-16(14-23)13-22(2)3/h4-9,12,15-16H,10-11,13-14H2,1-3H3,(H,21,24)/t15-,16+/m0/s1. The lowest BCUT2D eigenvalue weighted by molar-refractivity contribution is 0.202. The van der Waals surface area contributed by atoms with Crippen LogP contribution in [0.2, 0.25) is 0 Å². The maximum atomic E-state index is 12.5. The molecule has 128 valence electrons. The maximum Gasteiger partial charge on any atom is 0.317 e. The van der Waals surface area contributed by atoms with Crippen molar-refractivity contribution >= 4 is 16.8 Å². The van der Waals surface area contributed by atoms with Gasteiger partial charge in [0.15, 0.2) is 0 Å². The van der Waals surface area contributed by atoms with E-state index in [0.29, 0.717) is 5.92 Å². The van der Waals surface area contributed by atoms with Crippen molar-refractivity contribution in [1.82, 2.24) is 15.1 Å². The van der Waals surface area contributed by atoms with Crippen LogP contribution in [0.3, 0.4) is 0 Å². The summed E-state index contributed by atoms with van der Waals surface area (Å²) in [4.78, 5) is 16.7. The molecule has 1 N–H and O–H groups in total. The van der Waals surface area contributed by atoms with E-state index in [-0.39, 0.29) is 12.1 Å². The summed E-state index contributed by atoms with van der Waals surface area (Å²) in [5, 5.41) is 5.59. The molecule has 1 fully saturated rings. The first-order chi connectivity index (χ1) is 11.5. The molecule has 1 aliphatic rings. The Morgan fingerprint density at radius 2 is 2.00 bits per heavy atom. The SMILES string of the molecule is C[C@H](NC(=O)N1CC[C@H](CN(C)C)C1)c1ccc2ccccc2c1. The highest BCUT2D eigenvalue weighted by molar-refractivity contribution is 5.83. The molecule has 2 atom stereocenters. The summed E-state index contributed by atoms with van der Waals surface area (Å²) >= 11 is 0. The fourth-order valence-electron chi connectivity index (χ4n) is 3.52. The molecule has 2 amide bonds. The number of nitrogens with one attached hydrogen (secondary N) is 1. The minimum absolute atomic E-state index is 0.00926. The van der Waals surface area contributed by atoms with Crippen LogP contribution in [0.5, 0.6) is 0 Å². The van der Waals surface area contributed by atoms with Gasteiger partial charge in [0, 0.05) is 19.6 Å². The molecule has 4 nitrogen and oxygen atoms in total. The second-order valence-electron chi connectivity index (χ2n) is 7.14. The van der Waals surface area contributed by atoms with Gasteiger partial charge >= 0.3 is 6.03 Å². The normalized spacial score (nSPS) is 19.0. The molecule has 24 heavy (non-hydrogen) atoms. The quantitative estimate of drug-likeness (QED) is 0.934. The van der Waals surface area contributed by atoms with Gasteiger partial charge in [-0.1, -0.05) is 36.4 Å². The Morgan fingerprint density at radius 1 is 1.25 bits per heavy atom. The van der Waals surface area contributed by atoms with Gasteiger partial charge in [0.2, 0.25) is 0 Å². The topological polar surface area (TPSA) is 35.6 Å². The number of amides is 2. The number of benzene rings is 2. The highest BCUT2D eigenvalue weighted by Crippen LogP contribution is 2.22. The Labute approximate surface area is 144 Å². The summed E-state index contributed by atoms with van der Waals surface area (Å²) < 4.78 is 0. The van der Waals surface area contributed by atoms with Gasteiger partial charge < -0.3 is 15.1 Å². The molecule has 0 saturated carbocycles. The van der Waals surface area contributed by atoms with E-state index in [4.69, 9.17) is 0 Å². The van der Waals surface area contributed by atoms with Crippen LogP contribution in [0, 0.1) is 5.92 Å². The maximum absolute atomic E-state index is 12.5. The van der Waals surface area contributed by atoms with Crippen LogP contribution < -0.4 is 5.32 Å². The molecule has 0 spiro atoms. The van der Waals surface area contributed by atoms with Crippen LogP contribution in [-0.4, -0.2) is 49.6 Å². The lowest BCUT2D eigenvalue weighted by atomic mass is 10.0. The predicted molar refractivity (Wildman–Crippen MR) is 99.1 cm³/mol. The van der Waals surface area contributed by atoms with Crippen LogP contribution in [-0.2, 0) is 0 Å². The minimum atomic E-state index is 0.00926. The van der Waals surface area contributed by atoms with Crippen molar-refractivity contribution in [3.05, 3.63) is 48.0 Å². The first-order valence-corrected chi connectivity index (χ1v) is 8.72. The van der Waals surface area contributed by atoms with E-state index in [1.54, 1.807) is 0 Å². The Balaban J connectivity index is 1.61. The molecule has 1 saturated heterocycles. The highest BCUT2D eigenvalue weighted by Gasteiger charge is 2.27. The fourth-order valence-corrected chi connectivity index (χ4v) is 3.52. The zero-order chi connectivity index (χ0) is 17.1. The third-order valence-corrected chi connectivity index (χ3v) is 4.81. The molecule has 4 heteroatoms. The van der Waals surface area contributed by atoms with E-state index in [0.717, 1.165) is 31.6 Å². The van der Waals surface area contributed by atoms with Gasteiger partial charge in [-0.25, -0.2) is 4.79 Å². The number of likely N-dealkylation sites (tertiary alicyclic amines) is 1. The molecular formula is C20H27N3O. The molecule has 2 aromatic rings. The second-order valence-corrected chi connectivity index (χ2v) is 7.14. The molecule has 1 heterocycles. The van der Waals surface area contributed by atoms with Crippen molar-refractivity contribution in [2.45, 2.75) is 19.4 Å². The Morgan fingerprint density at radius 3 is 2.75 bits per heavy atom. The summed E-state index contributed by atoms with van der Waals surface area (Å²) in [5.41, 5.74) is 1.14. The van der Waals surface area contributed by atoms with Crippen molar-refractivity contribution in [2.75, 3.05) is 33.7 Å². The first-order valence-electron chi connectivity index (χ1n) is 8.72. The van der Waals surface area contributed by atoms with Crippen molar-refractivity contribution in [3.8, 4) is 0 Å². The molecule has 0 aromatic heterocycles. The Kier molecular flexibility index (Phi) is 5.05. The summed E-state index contributed by atoms with van der Waals surface area (Å²) in [7, 11) is 4.18. The number of nitrogens with zero attached hydrogens (tertiary/aromatic N) is 2. The van der Waals surface area contributed by atoms with Crippen molar-refractivity contribution in [2.24, 2.45) is 5.92 Å². The van der Waals surface area contributed by atoms with Crippen LogP contribution >= 0.6 is 0 Å².